The number of ether oxygens (including phenoxy) is 1. The van der Waals surface area contributed by atoms with Crippen LogP contribution in [0.3, 0.4) is 0 Å². The Kier molecular flexibility index (Phi) is 9.88. The fourth-order valence-corrected chi connectivity index (χ4v) is 3.34. The molecule has 0 unspecified atom stereocenters. The van der Waals surface area contributed by atoms with Crippen LogP contribution in [-0.2, 0) is 11.4 Å². The van der Waals surface area contributed by atoms with Gasteiger partial charge in [0, 0.05) is 36.1 Å². The summed E-state index contributed by atoms with van der Waals surface area (Å²) in [5.74, 6) is 0.821. The molecule has 1 heterocycles. The van der Waals surface area contributed by atoms with E-state index >= 15 is 0 Å². The van der Waals surface area contributed by atoms with E-state index in [1.807, 2.05) is 12.1 Å². The summed E-state index contributed by atoms with van der Waals surface area (Å²) in [5, 5.41) is 3.34. The molecule has 148 valence electrons. The predicted molar refractivity (Wildman–Crippen MR) is 113 cm³/mol. The van der Waals surface area contributed by atoms with E-state index in [9.17, 15) is 4.79 Å². The molecule has 5 nitrogen and oxygen atoms in total. The van der Waals surface area contributed by atoms with Crippen molar-refractivity contribution in [3.8, 4) is 5.75 Å². The van der Waals surface area contributed by atoms with Gasteiger partial charge in [-0.2, -0.15) is 0 Å². The Hall–Kier alpha value is -1.53. The number of anilines is 1. The molecule has 0 spiro atoms. The van der Waals surface area contributed by atoms with Gasteiger partial charge in [0.25, 0.3) is 0 Å². The monoisotopic (exact) mass is 431 g/mol. The number of rotatable bonds is 6. The fourth-order valence-electron chi connectivity index (χ4n) is 3.11. The maximum atomic E-state index is 12.2. The summed E-state index contributed by atoms with van der Waals surface area (Å²) in [7, 11) is 0. The first-order valence-corrected chi connectivity index (χ1v) is 8.86. The second-order valence-corrected chi connectivity index (χ2v) is 6.81. The second kappa shape index (κ2) is 11.3. The molecule has 0 bridgehead atoms. The Balaban J connectivity index is 0.00000182. The molecule has 0 aliphatic heterocycles. The van der Waals surface area contributed by atoms with Crippen LogP contribution in [0.5, 0.6) is 5.75 Å². The highest BCUT2D eigenvalue weighted by molar-refractivity contribution is 6.32. The van der Waals surface area contributed by atoms with Gasteiger partial charge < -0.3 is 15.8 Å². The average molecular weight is 433 g/mol. The first-order chi connectivity index (χ1) is 12.1. The molecule has 8 heteroatoms. The average Bonchev–Trinajstić information content (AvgIpc) is 3.00. The molecular formula is C19H24Cl3N3O2. The topological polar surface area (TPSA) is 77.2 Å². The summed E-state index contributed by atoms with van der Waals surface area (Å²) in [4.78, 5) is 16.2. The van der Waals surface area contributed by atoms with Crippen LogP contribution in [0.2, 0.25) is 5.02 Å². The lowest BCUT2D eigenvalue weighted by Gasteiger charge is -2.15. The van der Waals surface area contributed by atoms with Crippen molar-refractivity contribution >= 4 is 48.0 Å². The third-order valence-electron chi connectivity index (χ3n) is 4.50. The molecule has 1 saturated carbocycles. The van der Waals surface area contributed by atoms with Crippen LogP contribution in [0.1, 0.15) is 31.2 Å². The molecule has 1 aliphatic carbocycles. The SMILES string of the molecule is Cl.Cl.N[C@@H]1CCC[C@H]1CC(=O)Nc1ccc(OCc2cccnc2)c(Cl)c1. The minimum absolute atomic E-state index is 0. The number of aromatic nitrogens is 1. The predicted octanol–water partition coefficient (Wildman–Crippen LogP) is 4.61. The van der Waals surface area contributed by atoms with Crippen molar-refractivity contribution < 1.29 is 9.53 Å². The zero-order valence-electron chi connectivity index (χ0n) is 14.8. The Labute approximate surface area is 176 Å². The van der Waals surface area contributed by atoms with E-state index in [4.69, 9.17) is 22.1 Å². The van der Waals surface area contributed by atoms with Gasteiger partial charge in [0.1, 0.15) is 12.4 Å². The van der Waals surface area contributed by atoms with E-state index in [0.29, 0.717) is 29.5 Å². The van der Waals surface area contributed by atoms with Gasteiger partial charge in [0.15, 0.2) is 0 Å². The van der Waals surface area contributed by atoms with Gasteiger partial charge in [0.2, 0.25) is 5.91 Å². The third kappa shape index (κ3) is 6.85. The Morgan fingerprint density at radius 1 is 1.30 bits per heavy atom. The number of carbonyl (C=O) groups is 1. The molecule has 0 saturated heterocycles. The fraction of sp³-hybridized carbons (Fsp3) is 0.368. The van der Waals surface area contributed by atoms with Crippen molar-refractivity contribution in [1.82, 2.24) is 4.98 Å². The zero-order valence-corrected chi connectivity index (χ0v) is 17.2. The van der Waals surface area contributed by atoms with Gasteiger partial charge in [-0.25, -0.2) is 0 Å². The van der Waals surface area contributed by atoms with Crippen LogP contribution in [0, 0.1) is 5.92 Å². The number of halogens is 3. The van der Waals surface area contributed by atoms with Gasteiger partial charge in [0.05, 0.1) is 5.02 Å². The lowest BCUT2D eigenvalue weighted by Crippen LogP contribution is -2.28. The van der Waals surface area contributed by atoms with E-state index < -0.39 is 0 Å². The van der Waals surface area contributed by atoms with Crippen LogP contribution in [0.25, 0.3) is 0 Å². The molecule has 1 aromatic carbocycles. The number of amides is 1. The van der Waals surface area contributed by atoms with Crippen LogP contribution < -0.4 is 15.8 Å². The smallest absolute Gasteiger partial charge is 0.224 e. The number of hydrogen-bond donors (Lipinski definition) is 2. The number of pyridine rings is 1. The van der Waals surface area contributed by atoms with E-state index in [2.05, 4.69) is 10.3 Å². The number of nitrogens with two attached hydrogens (primary N) is 1. The zero-order chi connectivity index (χ0) is 17.6. The summed E-state index contributed by atoms with van der Waals surface area (Å²) in [5.41, 5.74) is 7.65. The molecule has 1 amide bonds. The number of carbonyl (C=O) groups excluding carboxylic acids is 1. The van der Waals surface area contributed by atoms with Crippen molar-refractivity contribution in [2.24, 2.45) is 11.7 Å². The van der Waals surface area contributed by atoms with Crippen LogP contribution in [0.4, 0.5) is 5.69 Å². The van der Waals surface area contributed by atoms with Gasteiger partial charge in [-0.15, -0.1) is 24.8 Å². The molecule has 1 aromatic heterocycles. The van der Waals surface area contributed by atoms with Gasteiger partial charge in [-0.05, 0) is 43.0 Å². The maximum absolute atomic E-state index is 12.2. The van der Waals surface area contributed by atoms with Gasteiger partial charge >= 0.3 is 0 Å². The van der Waals surface area contributed by atoms with Crippen LogP contribution in [-0.4, -0.2) is 16.9 Å². The summed E-state index contributed by atoms with van der Waals surface area (Å²) < 4.78 is 5.70. The highest BCUT2D eigenvalue weighted by atomic mass is 35.5. The molecule has 3 rings (SSSR count). The molecule has 2 aromatic rings. The normalized spacial score (nSPS) is 18.1. The van der Waals surface area contributed by atoms with Gasteiger partial charge in [-0.1, -0.05) is 24.1 Å². The van der Waals surface area contributed by atoms with Gasteiger partial charge in [-0.3, -0.25) is 9.78 Å². The van der Waals surface area contributed by atoms with Crippen LogP contribution >= 0.6 is 36.4 Å². The molecule has 1 aliphatic rings. The van der Waals surface area contributed by atoms with E-state index in [1.54, 1.807) is 30.6 Å². The minimum atomic E-state index is -0.0255. The summed E-state index contributed by atoms with van der Waals surface area (Å²) in [6.07, 6.45) is 7.05. The summed E-state index contributed by atoms with van der Waals surface area (Å²) >= 11 is 6.26. The molecule has 27 heavy (non-hydrogen) atoms. The third-order valence-corrected chi connectivity index (χ3v) is 4.79. The second-order valence-electron chi connectivity index (χ2n) is 6.40. The first-order valence-electron chi connectivity index (χ1n) is 8.48. The number of hydrogen-bond acceptors (Lipinski definition) is 4. The Bertz CT molecular complexity index is 731. The highest BCUT2D eigenvalue weighted by Crippen LogP contribution is 2.30. The quantitative estimate of drug-likeness (QED) is 0.698. The maximum Gasteiger partial charge on any atom is 0.224 e. The van der Waals surface area contributed by atoms with E-state index in [-0.39, 0.29) is 42.7 Å². The molecule has 0 radical (unpaired) electrons. The van der Waals surface area contributed by atoms with E-state index in [1.165, 1.54) is 0 Å². The number of nitrogens with zero attached hydrogens (tertiary/aromatic N) is 1. The lowest BCUT2D eigenvalue weighted by molar-refractivity contribution is -0.117. The molecular weight excluding hydrogens is 409 g/mol. The number of nitrogens with one attached hydrogen (secondary N) is 1. The Morgan fingerprint density at radius 2 is 2.11 bits per heavy atom. The molecule has 3 N–H and O–H groups in total. The lowest BCUT2D eigenvalue weighted by atomic mass is 10.00. The van der Waals surface area contributed by atoms with Crippen LogP contribution in [0.15, 0.2) is 42.7 Å². The minimum Gasteiger partial charge on any atom is -0.487 e. The highest BCUT2D eigenvalue weighted by Gasteiger charge is 2.26. The van der Waals surface area contributed by atoms with Crippen molar-refractivity contribution in [2.45, 2.75) is 38.3 Å². The van der Waals surface area contributed by atoms with Crippen molar-refractivity contribution in [3.05, 3.63) is 53.3 Å². The van der Waals surface area contributed by atoms with E-state index in [0.717, 1.165) is 24.8 Å². The molecule has 1 fully saturated rings. The van der Waals surface area contributed by atoms with Crippen molar-refractivity contribution in [2.75, 3.05) is 5.32 Å². The largest absolute Gasteiger partial charge is 0.487 e. The summed E-state index contributed by atoms with van der Waals surface area (Å²) in [6, 6.07) is 9.18. The van der Waals surface area contributed by atoms with Crippen molar-refractivity contribution in [3.63, 3.8) is 0 Å². The Morgan fingerprint density at radius 3 is 2.74 bits per heavy atom. The molecule has 2 atom stereocenters. The standard InChI is InChI=1S/C19H22ClN3O2.2ClH/c20-16-10-15(23-19(24)9-14-4-1-5-17(14)21)6-7-18(16)25-12-13-3-2-8-22-11-13;;/h2-3,6-8,10-11,14,17H,1,4-5,9,12,21H2,(H,23,24);2*1H/t14-,17+;;/m0../s1. The summed E-state index contributed by atoms with van der Waals surface area (Å²) in [6.45, 7) is 0.388. The first kappa shape index (κ1) is 23.5. The van der Waals surface area contributed by atoms with Crippen molar-refractivity contribution in [1.29, 1.82) is 0 Å². The number of benzene rings is 1.